The van der Waals surface area contributed by atoms with E-state index in [4.69, 9.17) is 0 Å². The van der Waals surface area contributed by atoms with E-state index in [0.717, 1.165) is 12.1 Å². The van der Waals surface area contributed by atoms with Crippen LogP contribution >= 0.6 is 0 Å². The first-order valence-corrected chi connectivity index (χ1v) is 6.67. The molecule has 1 heterocycles. The molecular formula is C14H21N3O3. The number of nitrogens with one attached hydrogen (secondary N) is 2. The molecule has 6 nitrogen and oxygen atoms in total. The number of aromatic carboxylic acids is 1. The Bertz CT molecular complexity index is 501. The highest BCUT2D eigenvalue weighted by atomic mass is 16.4. The average molecular weight is 279 g/mol. The zero-order valence-electron chi connectivity index (χ0n) is 12.1. The van der Waals surface area contributed by atoms with Gasteiger partial charge in [0.25, 0.3) is 0 Å². The minimum atomic E-state index is -1.02. The fourth-order valence-corrected chi connectivity index (χ4v) is 1.88. The van der Waals surface area contributed by atoms with Gasteiger partial charge in [-0.3, -0.25) is 4.79 Å². The van der Waals surface area contributed by atoms with Crippen molar-refractivity contribution in [2.45, 2.75) is 33.6 Å². The molecule has 1 aromatic heterocycles. The molecule has 1 rings (SSSR count). The third kappa shape index (κ3) is 4.53. The van der Waals surface area contributed by atoms with Crippen molar-refractivity contribution < 1.29 is 14.7 Å². The Kier molecular flexibility index (Phi) is 5.96. The average Bonchev–Trinajstić information content (AvgIpc) is 2.34. The van der Waals surface area contributed by atoms with Crippen LogP contribution in [0.25, 0.3) is 0 Å². The first kappa shape index (κ1) is 15.9. The van der Waals surface area contributed by atoms with Gasteiger partial charge in [-0.1, -0.05) is 6.92 Å². The fraction of sp³-hybridized carbons (Fsp3) is 0.500. The first-order valence-electron chi connectivity index (χ1n) is 6.67. The third-order valence-electron chi connectivity index (χ3n) is 2.78. The molecule has 0 bridgehead atoms. The number of amides is 1. The van der Waals surface area contributed by atoms with Crippen LogP contribution in [0, 0.1) is 13.8 Å². The van der Waals surface area contributed by atoms with E-state index in [2.05, 4.69) is 15.6 Å². The highest BCUT2D eigenvalue weighted by molar-refractivity contribution is 5.94. The highest BCUT2D eigenvalue weighted by Gasteiger charge is 2.15. The zero-order valence-corrected chi connectivity index (χ0v) is 12.1. The van der Waals surface area contributed by atoms with Crippen molar-refractivity contribution in [2.75, 3.05) is 18.4 Å². The minimum absolute atomic E-state index is 0.0550. The van der Waals surface area contributed by atoms with Gasteiger partial charge in [-0.05, 0) is 31.9 Å². The van der Waals surface area contributed by atoms with Crippen LogP contribution in [0.3, 0.4) is 0 Å². The molecule has 0 aliphatic heterocycles. The largest absolute Gasteiger partial charge is 0.478 e. The number of anilines is 1. The number of aromatic nitrogens is 1. The first-order chi connectivity index (χ1) is 9.45. The molecule has 0 saturated heterocycles. The molecule has 0 spiro atoms. The molecule has 6 heteroatoms. The maximum atomic E-state index is 11.5. The number of aryl methyl sites for hydroxylation is 2. The van der Waals surface area contributed by atoms with Crippen molar-refractivity contribution in [3.05, 3.63) is 22.9 Å². The van der Waals surface area contributed by atoms with Crippen LogP contribution in [0.2, 0.25) is 0 Å². The molecule has 0 atom stereocenters. The van der Waals surface area contributed by atoms with Crippen LogP contribution in [0.5, 0.6) is 0 Å². The van der Waals surface area contributed by atoms with Crippen molar-refractivity contribution in [3.63, 3.8) is 0 Å². The summed E-state index contributed by atoms with van der Waals surface area (Å²) in [7, 11) is 0. The molecule has 0 radical (unpaired) electrons. The van der Waals surface area contributed by atoms with Gasteiger partial charge < -0.3 is 15.7 Å². The summed E-state index contributed by atoms with van der Waals surface area (Å²) in [5.74, 6) is -0.758. The van der Waals surface area contributed by atoms with Gasteiger partial charge >= 0.3 is 5.97 Å². The predicted octanol–water partition coefficient (Wildman–Crippen LogP) is 1.72. The molecule has 0 aliphatic rings. The molecule has 3 N–H and O–H groups in total. The molecule has 1 aromatic rings. The number of carboxylic acids is 1. The van der Waals surface area contributed by atoms with Gasteiger partial charge in [0.15, 0.2) is 0 Å². The number of rotatable bonds is 7. The number of pyridine rings is 1. The van der Waals surface area contributed by atoms with Gasteiger partial charge in [-0.25, -0.2) is 9.78 Å². The second-order valence-corrected chi connectivity index (χ2v) is 4.64. The van der Waals surface area contributed by atoms with Gasteiger partial charge in [0, 0.05) is 25.2 Å². The summed E-state index contributed by atoms with van der Waals surface area (Å²) >= 11 is 0. The molecule has 0 aliphatic carbocycles. The third-order valence-corrected chi connectivity index (χ3v) is 2.78. The Morgan fingerprint density at radius 1 is 1.30 bits per heavy atom. The van der Waals surface area contributed by atoms with E-state index in [1.807, 2.05) is 6.92 Å². The number of carbonyl (C=O) groups is 2. The maximum Gasteiger partial charge on any atom is 0.339 e. The lowest BCUT2D eigenvalue weighted by Gasteiger charge is -2.11. The van der Waals surface area contributed by atoms with Gasteiger partial charge in [-0.2, -0.15) is 0 Å². The van der Waals surface area contributed by atoms with E-state index in [-0.39, 0.29) is 17.9 Å². The van der Waals surface area contributed by atoms with E-state index in [1.54, 1.807) is 19.9 Å². The molecule has 0 saturated carbocycles. The summed E-state index contributed by atoms with van der Waals surface area (Å²) in [5.41, 5.74) is 1.55. The van der Waals surface area contributed by atoms with E-state index >= 15 is 0 Å². The summed E-state index contributed by atoms with van der Waals surface area (Å²) in [4.78, 5) is 26.9. The lowest BCUT2D eigenvalue weighted by atomic mass is 10.1. The minimum Gasteiger partial charge on any atom is -0.478 e. The Hall–Kier alpha value is -2.11. The van der Waals surface area contributed by atoms with Crippen molar-refractivity contribution in [3.8, 4) is 0 Å². The van der Waals surface area contributed by atoms with E-state index in [1.165, 1.54) is 0 Å². The van der Waals surface area contributed by atoms with Crippen LogP contribution in [-0.4, -0.2) is 35.1 Å². The highest BCUT2D eigenvalue weighted by Crippen LogP contribution is 2.18. The Balaban J connectivity index is 2.68. The SMILES string of the molecule is CCCNC(=O)CCNc1nc(C)cc(C)c1C(=O)O. The van der Waals surface area contributed by atoms with Crippen molar-refractivity contribution in [1.82, 2.24) is 10.3 Å². The lowest BCUT2D eigenvalue weighted by Crippen LogP contribution is -2.26. The van der Waals surface area contributed by atoms with E-state index in [9.17, 15) is 14.7 Å². The van der Waals surface area contributed by atoms with Crippen molar-refractivity contribution >= 4 is 17.7 Å². The molecule has 20 heavy (non-hydrogen) atoms. The fourth-order valence-electron chi connectivity index (χ4n) is 1.88. The quantitative estimate of drug-likeness (QED) is 0.707. The topological polar surface area (TPSA) is 91.3 Å². The molecular weight excluding hydrogens is 258 g/mol. The number of carboxylic acid groups (broad SMARTS) is 1. The maximum absolute atomic E-state index is 11.5. The molecule has 1 amide bonds. The predicted molar refractivity (Wildman–Crippen MR) is 77.1 cm³/mol. The number of hydrogen-bond acceptors (Lipinski definition) is 4. The summed E-state index contributed by atoms with van der Waals surface area (Å²) < 4.78 is 0. The van der Waals surface area contributed by atoms with Crippen LogP contribution in [0.1, 0.15) is 41.4 Å². The Morgan fingerprint density at radius 3 is 2.60 bits per heavy atom. The monoisotopic (exact) mass is 279 g/mol. The van der Waals surface area contributed by atoms with Crippen LogP contribution in [0.4, 0.5) is 5.82 Å². The summed E-state index contributed by atoms with van der Waals surface area (Å²) in [5, 5.41) is 14.9. The normalized spacial score (nSPS) is 10.2. The Morgan fingerprint density at radius 2 is 2.00 bits per heavy atom. The van der Waals surface area contributed by atoms with Crippen LogP contribution < -0.4 is 10.6 Å². The van der Waals surface area contributed by atoms with Gasteiger partial charge in [0.1, 0.15) is 11.4 Å². The second-order valence-electron chi connectivity index (χ2n) is 4.64. The summed E-state index contributed by atoms with van der Waals surface area (Å²) in [6.07, 6.45) is 1.18. The Labute approximate surface area is 118 Å². The number of nitrogens with zero attached hydrogens (tertiary/aromatic N) is 1. The molecule has 0 unspecified atom stereocenters. The second kappa shape index (κ2) is 7.47. The molecule has 0 aromatic carbocycles. The van der Waals surface area contributed by atoms with Gasteiger partial charge in [0.05, 0.1) is 0 Å². The number of carbonyl (C=O) groups excluding carboxylic acids is 1. The summed E-state index contributed by atoms with van der Waals surface area (Å²) in [6, 6.07) is 1.72. The van der Waals surface area contributed by atoms with Crippen LogP contribution in [-0.2, 0) is 4.79 Å². The van der Waals surface area contributed by atoms with E-state index in [0.29, 0.717) is 24.5 Å². The summed E-state index contributed by atoms with van der Waals surface area (Å²) in [6.45, 7) is 6.53. The van der Waals surface area contributed by atoms with Gasteiger partial charge in [-0.15, -0.1) is 0 Å². The van der Waals surface area contributed by atoms with Crippen LogP contribution in [0.15, 0.2) is 6.07 Å². The van der Waals surface area contributed by atoms with Gasteiger partial charge in [0.2, 0.25) is 5.91 Å². The van der Waals surface area contributed by atoms with E-state index < -0.39 is 5.97 Å². The van der Waals surface area contributed by atoms with Crippen molar-refractivity contribution in [2.24, 2.45) is 0 Å². The standard InChI is InChI=1S/C14H21N3O3/c1-4-6-15-11(18)5-7-16-13-12(14(19)20)9(2)8-10(3)17-13/h8H,4-7H2,1-3H3,(H,15,18)(H,16,17)(H,19,20). The zero-order chi connectivity index (χ0) is 15.1. The molecule has 110 valence electrons. The van der Waals surface area contributed by atoms with Crippen molar-refractivity contribution in [1.29, 1.82) is 0 Å². The lowest BCUT2D eigenvalue weighted by molar-refractivity contribution is -0.120. The smallest absolute Gasteiger partial charge is 0.339 e. The number of hydrogen-bond donors (Lipinski definition) is 3. The molecule has 0 fully saturated rings.